The lowest BCUT2D eigenvalue weighted by Crippen LogP contribution is -2.35. The summed E-state index contributed by atoms with van der Waals surface area (Å²) in [5.41, 5.74) is 3.45. The molecule has 0 spiro atoms. The van der Waals surface area contributed by atoms with Gasteiger partial charge in [0.15, 0.2) is 0 Å². The van der Waals surface area contributed by atoms with Crippen molar-refractivity contribution in [1.82, 2.24) is 9.80 Å². The number of carbonyl (C=O) groups excluding carboxylic acids is 2. The van der Waals surface area contributed by atoms with Crippen molar-refractivity contribution in [2.75, 3.05) is 27.2 Å². The van der Waals surface area contributed by atoms with Crippen molar-refractivity contribution in [3.8, 4) is 5.75 Å². The van der Waals surface area contributed by atoms with Crippen LogP contribution in [0.1, 0.15) is 42.1 Å². The molecule has 1 aliphatic heterocycles. The molecular formula is C26H32N2O4. The summed E-state index contributed by atoms with van der Waals surface area (Å²) >= 11 is 0. The molecule has 1 aliphatic rings. The summed E-state index contributed by atoms with van der Waals surface area (Å²) < 4.78 is 5.84. The van der Waals surface area contributed by atoms with Crippen LogP contribution in [0, 0.1) is 13.8 Å². The van der Waals surface area contributed by atoms with Gasteiger partial charge in [0, 0.05) is 18.7 Å². The first-order valence-electron chi connectivity index (χ1n) is 10.9. The fourth-order valence-corrected chi connectivity index (χ4v) is 3.84. The van der Waals surface area contributed by atoms with Crippen molar-refractivity contribution in [3.63, 3.8) is 0 Å². The number of hydrogen-bond donors (Lipinski definition) is 1. The topological polar surface area (TPSA) is 70.1 Å². The molecule has 0 bridgehead atoms. The zero-order valence-corrected chi connectivity index (χ0v) is 19.7. The van der Waals surface area contributed by atoms with Gasteiger partial charge in [0.2, 0.25) is 0 Å². The lowest BCUT2D eigenvalue weighted by Gasteiger charge is -2.27. The van der Waals surface area contributed by atoms with Crippen LogP contribution in [-0.2, 0) is 9.59 Å². The molecule has 1 amide bonds. The maximum atomic E-state index is 13.1. The number of likely N-dealkylation sites (N-methyl/N-ethyl adjacent to an activating group) is 1. The number of aliphatic hydroxyl groups excluding tert-OH is 1. The molecule has 0 aliphatic carbocycles. The molecule has 1 unspecified atom stereocenters. The smallest absolute Gasteiger partial charge is 0.295 e. The van der Waals surface area contributed by atoms with Crippen LogP contribution >= 0.6 is 0 Å². The predicted molar refractivity (Wildman–Crippen MR) is 126 cm³/mol. The second kappa shape index (κ2) is 9.57. The fraction of sp³-hybridized carbons (Fsp3) is 0.385. The summed E-state index contributed by atoms with van der Waals surface area (Å²) in [4.78, 5) is 29.6. The molecule has 1 saturated heterocycles. The number of carbonyl (C=O) groups is 2. The van der Waals surface area contributed by atoms with E-state index in [2.05, 4.69) is 0 Å². The van der Waals surface area contributed by atoms with E-state index in [1.807, 2.05) is 83.1 Å². The van der Waals surface area contributed by atoms with E-state index in [1.54, 1.807) is 11.0 Å². The molecular weight excluding hydrogens is 404 g/mol. The molecule has 0 radical (unpaired) electrons. The Bertz CT molecular complexity index is 1060. The summed E-state index contributed by atoms with van der Waals surface area (Å²) in [6.45, 7) is 8.77. The first kappa shape index (κ1) is 23.5. The molecule has 2 aromatic rings. The van der Waals surface area contributed by atoms with E-state index >= 15 is 0 Å². The van der Waals surface area contributed by atoms with Gasteiger partial charge in [0.25, 0.3) is 11.7 Å². The van der Waals surface area contributed by atoms with Crippen molar-refractivity contribution >= 4 is 17.4 Å². The fourth-order valence-electron chi connectivity index (χ4n) is 3.84. The molecule has 3 rings (SSSR count). The number of aliphatic hydroxyl groups is 1. The molecule has 170 valence electrons. The van der Waals surface area contributed by atoms with Crippen LogP contribution in [0.4, 0.5) is 0 Å². The van der Waals surface area contributed by atoms with Gasteiger partial charge in [-0.3, -0.25) is 9.59 Å². The van der Waals surface area contributed by atoms with Crippen LogP contribution in [0.5, 0.6) is 5.75 Å². The van der Waals surface area contributed by atoms with E-state index in [-0.39, 0.29) is 17.4 Å². The Kier molecular flexibility index (Phi) is 7.04. The van der Waals surface area contributed by atoms with Gasteiger partial charge in [-0.05, 0) is 76.7 Å². The number of likely N-dealkylation sites (tertiary alicyclic amines) is 1. The van der Waals surface area contributed by atoms with Gasteiger partial charge in [-0.25, -0.2) is 0 Å². The van der Waals surface area contributed by atoms with E-state index in [0.717, 1.165) is 16.7 Å². The van der Waals surface area contributed by atoms with E-state index in [1.165, 1.54) is 0 Å². The van der Waals surface area contributed by atoms with Crippen molar-refractivity contribution in [1.29, 1.82) is 0 Å². The maximum absolute atomic E-state index is 13.1. The van der Waals surface area contributed by atoms with Crippen LogP contribution in [-0.4, -0.2) is 59.9 Å². The van der Waals surface area contributed by atoms with Gasteiger partial charge in [0.05, 0.1) is 17.7 Å². The van der Waals surface area contributed by atoms with Gasteiger partial charge >= 0.3 is 0 Å². The molecule has 0 aromatic heterocycles. The number of ketones is 1. The Morgan fingerprint density at radius 3 is 2.44 bits per heavy atom. The molecule has 1 atom stereocenters. The number of Topliss-reactive ketones (excluding diaryl/α,β-unsaturated/α-hetero) is 1. The molecule has 32 heavy (non-hydrogen) atoms. The Morgan fingerprint density at radius 2 is 1.81 bits per heavy atom. The molecule has 2 aromatic carbocycles. The van der Waals surface area contributed by atoms with E-state index in [9.17, 15) is 14.7 Å². The Labute approximate surface area is 190 Å². The minimum atomic E-state index is -0.688. The molecule has 1 N–H and O–H groups in total. The van der Waals surface area contributed by atoms with Crippen LogP contribution in [0.15, 0.2) is 48.0 Å². The molecule has 1 fully saturated rings. The van der Waals surface area contributed by atoms with Crippen molar-refractivity contribution < 1.29 is 19.4 Å². The van der Waals surface area contributed by atoms with Crippen LogP contribution in [0.2, 0.25) is 0 Å². The van der Waals surface area contributed by atoms with Crippen molar-refractivity contribution in [2.24, 2.45) is 0 Å². The van der Waals surface area contributed by atoms with E-state index < -0.39 is 17.7 Å². The zero-order valence-electron chi connectivity index (χ0n) is 19.7. The second-order valence-corrected chi connectivity index (χ2v) is 8.83. The SMILES string of the molecule is Cc1ccc(/C(O)=C2/C(=O)C(=O)N(CCN(C)C)C2c2cccc(OC(C)C)c2)cc1C. The average molecular weight is 437 g/mol. The predicted octanol–water partition coefficient (Wildman–Crippen LogP) is 4.07. The monoisotopic (exact) mass is 436 g/mol. The third-order valence-corrected chi connectivity index (χ3v) is 5.65. The Balaban J connectivity index is 2.16. The number of hydrogen-bond acceptors (Lipinski definition) is 5. The summed E-state index contributed by atoms with van der Waals surface area (Å²) in [5, 5.41) is 11.2. The molecule has 1 heterocycles. The normalized spacial score (nSPS) is 18.1. The lowest BCUT2D eigenvalue weighted by atomic mass is 9.94. The molecule has 0 saturated carbocycles. The van der Waals surface area contributed by atoms with E-state index in [0.29, 0.717) is 24.4 Å². The largest absolute Gasteiger partial charge is 0.507 e. The minimum absolute atomic E-state index is 0.0131. The van der Waals surface area contributed by atoms with Gasteiger partial charge < -0.3 is 19.6 Å². The first-order valence-corrected chi connectivity index (χ1v) is 10.9. The van der Waals surface area contributed by atoms with Gasteiger partial charge in [-0.15, -0.1) is 0 Å². The number of aryl methyl sites for hydroxylation is 2. The van der Waals surface area contributed by atoms with Gasteiger partial charge in [-0.1, -0.05) is 24.3 Å². The summed E-state index contributed by atoms with van der Waals surface area (Å²) in [7, 11) is 3.83. The first-order chi connectivity index (χ1) is 15.1. The zero-order chi connectivity index (χ0) is 23.6. The lowest BCUT2D eigenvalue weighted by molar-refractivity contribution is -0.140. The molecule has 6 nitrogen and oxygen atoms in total. The molecule has 6 heteroatoms. The highest BCUT2D eigenvalue weighted by atomic mass is 16.5. The highest BCUT2D eigenvalue weighted by Crippen LogP contribution is 2.40. The summed E-state index contributed by atoms with van der Waals surface area (Å²) in [6, 6.07) is 12.2. The second-order valence-electron chi connectivity index (χ2n) is 8.83. The van der Waals surface area contributed by atoms with Gasteiger partial charge in [-0.2, -0.15) is 0 Å². The number of rotatable bonds is 7. The van der Waals surface area contributed by atoms with Crippen LogP contribution in [0.3, 0.4) is 0 Å². The minimum Gasteiger partial charge on any atom is -0.507 e. The average Bonchev–Trinajstić information content (AvgIpc) is 2.98. The standard InChI is InChI=1S/C26H32N2O4/c1-16(2)32-21-9-7-8-19(15-21)23-22(24(29)20-11-10-17(3)18(4)14-20)25(30)26(31)28(23)13-12-27(5)6/h7-11,14-16,23,29H,12-13H2,1-6H3/b24-22-. The third-order valence-electron chi connectivity index (χ3n) is 5.65. The number of ether oxygens (including phenoxy) is 1. The van der Waals surface area contributed by atoms with Crippen molar-refractivity contribution in [3.05, 3.63) is 70.3 Å². The van der Waals surface area contributed by atoms with E-state index in [4.69, 9.17) is 4.74 Å². The van der Waals surface area contributed by atoms with Gasteiger partial charge in [0.1, 0.15) is 11.5 Å². The quantitative estimate of drug-likeness (QED) is 0.402. The Morgan fingerprint density at radius 1 is 1.09 bits per heavy atom. The van der Waals surface area contributed by atoms with Crippen molar-refractivity contribution in [2.45, 2.75) is 39.8 Å². The summed E-state index contributed by atoms with van der Waals surface area (Å²) in [6.07, 6.45) is -0.0131. The highest BCUT2D eigenvalue weighted by molar-refractivity contribution is 6.46. The maximum Gasteiger partial charge on any atom is 0.295 e. The summed E-state index contributed by atoms with van der Waals surface area (Å²) in [5.74, 6) is -0.766. The highest BCUT2D eigenvalue weighted by Gasteiger charge is 2.46. The number of benzene rings is 2. The number of amides is 1. The number of nitrogens with zero attached hydrogens (tertiary/aromatic N) is 2. The van der Waals surface area contributed by atoms with Crippen LogP contribution < -0.4 is 4.74 Å². The Hall–Kier alpha value is -3.12. The third kappa shape index (κ3) is 4.86. The van der Waals surface area contributed by atoms with Crippen LogP contribution in [0.25, 0.3) is 5.76 Å².